The number of benzene rings is 1. The van der Waals surface area contributed by atoms with Crippen molar-refractivity contribution in [2.24, 2.45) is 16.8 Å². The van der Waals surface area contributed by atoms with Gasteiger partial charge in [0.2, 0.25) is 15.9 Å². The maximum absolute atomic E-state index is 11.3. The van der Waals surface area contributed by atoms with Crippen molar-refractivity contribution in [3.05, 3.63) is 18.2 Å². The first-order valence-electron chi connectivity index (χ1n) is 6.25. The SMILES string of the molecule is NC(=O)C1CCCN(c2ccc(S(N)(=O)=O)cc2N)C1. The van der Waals surface area contributed by atoms with Crippen LogP contribution < -0.4 is 21.5 Å². The zero-order valence-corrected chi connectivity index (χ0v) is 11.8. The van der Waals surface area contributed by atoms with Crippen LogP contribution in [0.25, 0.3) is 0 Å². The Balaban J connectivity index is 2.27. The van der Waals surface area contributed by atoms with Gasteiger partial charge in [-0.15, -0.1) is 0 Å². The lowest BCUT2D eigenvalue weighted by molar-refractivity contribution is -0.122. The number of sulfonamides is 1. The van der Waals surface area contributed by atoms with Crippen LogP contribution in [0.5, 0.6) is 0 Å². The zero-order valence-electron chi connectivity index (χ0n) is 11.0. The highest BCUT2D eigenvalue weighted by molar-refractivity contribution is 7.89. The molecule has 0 radical (unpaired) electrons. The van der Waals surface area contributed by atoms with Crippen molar-refractivity contribution in [3.63, 3.8) is 0 Å². The maximum atomic E-state index is 11.3. The van der Waals surface area contributed by atoms with Gasteiger partial charge in [0.25, 0.3) is 0 Å². The lowest BCUT2D eigenvalue weighted by Crippen LogP contribution is -2.41. The molecular weight excluding hydrogens is 280 g/mol. The van der Waals surface area contributed by atoms with Crippen LogP contribution in [-0.4, -0.2) is 27.4 Å². The molecule has 1 aliphatic rings. The molecule has 1 aromatic rings. The third kappa shape index (κ3) is 3.02. The van der Waals surface area contributed by atoms with Gasteiger partial charge in [-0.25, -0.2) is 13.6 Å². The van der Waals surface area contributed by atoms with Gasteiger partial charge in [0, 0.05) is 13.1 Å². The van der Waals surface area contributed by atoms with E-state index in [2.05, 4.69) is 0 Å². The van der Waals surface area contributed by atoms with Crippen LogP contribution >= 0.6 is 0 Å². The second-order valence-electron chi connectivity index (χ2n) is 4.95. The van der Waals surface area contributed by atoms with Crippen molar-refractivity contribution >= 4 is 27.3 Å². The summed E-state index contributed by atoms with van der Waals surface area (Å²) in [7, 11) is -3.77. The molecule has 20 heavy (non-hydrogen) atoms. The van der Waals surface area contributed by atoms with Gasteiger partial charge in [-0.2, -0.15) is 0 Å². The van der Waals surface area contributed by atoms with E-state index in [1.54, 1.807) is 6.07 Å². The average Bonchev–Trinajstić information content (AvgIpc) is 2.37. The van der Waals surface area contributed by atoms with Crippen LogP contribution in [0.3, 0.4) is 0 Å². The molecule has 0 bridgehead atoms. The second-order valence-corrected chi connectivity index (χ2v) is 6.51. The summed E-state index contributed by atoms with van der Waals surface area (Å²) in [5, 5.41) is 5.06. The summed E-state index contributed by atoms with van der Waals surface area (Å²) in [6.07, 6.45) is 1.60. The van der Waals surface area contributed by atoms with Crippen LogP contribution in [0.15, 0.2) is 23.1 Å². The minimum atomic E-state index is -3.77. The Labute approximate surface area is 117 Å². The minimum absolute atomic E-state index is 0.0257. The lowest BCUT2D eigenvalue weighted by atomic mass is 9.97. The molecule has 1 fully saturated rings. The van der Waals surface area contributed by atoms with E-state index in [9.17, 15) is 13.2 Å². The van der Waals surface area contributed by atoms with E-state index in [1.807, 2.05) is 4.90 Å². The largest absolute Gasteiger partial charge is 0.397 e. The lowest BCUT2D eigenvalue weighted by Gasteiger charge is -2.33. The summed E-state index contributed by atoms with van der Waals surface area (Å²) in [4.78, 5) is 13.2. The molecule has 110 valence electrons. The first kappa shape index (κ1) is 14.6. The summed E-state index contributed by atoms with van der Waals surface area (Å²) >= 11 is 0. The first-order chi connectivity index (χ1) is 9.29. The molecule has 1 saturated heterocycles. The van der Waals surface area contributed by atoms with Gasteiger partial charge in [0.15, 0.2) is 0 Å². The van der Waals surface area contributed by atoms with Crippen molar-refractivity contribution in [1.29, 1.82) is 0 Å². The molecule has 1 heterocycles. The molecule has 6 N–H and O–H groups in total. The van der Waals surface area contributed by atoms with Crippen LogP contribution in [0.4, 0.5) is 11.4 Å². The van der Waals surface area contributed by atoms with Crippen LogP contribution in [0.2, 0.25) is 0 Å². The van der Waals surface area contributed by atoms with Gasteiger partial charge < -0.3 is 16.4 Å². The summed E-state index contributed by atoms with van der Waals surface area (Å²) in [6, 6.07) is 4.35. The van der Waals surface area contributed by atoms with E-state index in [0.717, 1.165) is 19.4 Å². The summed E-state index contributed by atoms with van der Waals surface area (Å²) in [5.74, 6) is -0.532. The Morgan fingerprint density at radius 1 is 1.35 bits per heavy atom. The van der Waals surface area contributed by atoms with Gasteiger partial charge >= 0.3 is 0 Å². The number of nitrogen functional groups attached to an aromatic ring is 1. The van der Waals surface area contributed by atoms with Gasteiger partial charge in [-0.3, -0.25) is 4.79 Å². The molecule has 0 aliphatic carbocycles. The predicted octanol–water partition coefficient (Wildman–Crippen LogP) is -0.382. The van der Waals surface area contributed by atoms with E-state index in [1.165, 1.54) is 12.1 Å². The molecule has 2 rings (SSSR count). The van der Waals surface area contributed by atoms with Crippen LogP contribution in [-0.2, 0) is 14.8 Å². The summed E-state index contributed by atoms with van der Waals surface area (Å²) in [5.41, 5.74) is 12.2. The number of primary sulfonamides is 1. The maximum Gasteiger partial charge on any atom is 0.238 e. The smallest absolute Gasteiger partial charge is 0.238 e. The minimum Gasteiger partial charge on any atom is -0.397 e. The monoisotopic (exact) mass is 298 g/mol. The molecule has 8 heteroatoms. The van der Waals surface area contributed by atoms with Gasteiger partial charge in [-0.05, 0) is 31.0 Å². The normalized spacial score (nSPS) is 19.9. The second kappa shape index (κ2) is 5.29. The Bertz CT molecular complexity index is 630. The van der Waals surface area contributed by atoms with Gasteiger partial charge in [0.1, 0.15) is 0 Å². The highest BCUT2D eigenvalue weighted by atomic mass is 32.2. The Morgan fingerprint density at radius 3 is 2.60 bits per heavy atom. The van der Waals surface area contributed by atoms with E-state index >= 15 is 0 Å². The number of anilines is 2. The molecule has 0 spiro atoms. The summed E-state index contributed by atoms with van der Waals surface area (Å²) < 4.78 is 22.5. The van der Waals surface area contributed by atoms with Crippen molar-refractivity contribution in [3.8, 4) is 0 Å². The molecule has 1 aliphatic heterocycles. The topological polar surface area (TPSA) is 133 Å². The van der Waals surface area contributed by atoms with E-state index in [4.69, 9.17) is 16.6 Å². The highest BCUT2D eigenvalue weighted by Crippen LogP contribution is 2.29. The standard InChI is InChI=1S/C12H18N4O3S/c13-10-6-9(20(15,18)19)3-4-11(10)16-5-1-2-8(7-16)12(14)17/h3-4,6,8H,1-2,5,7,13H2,(H2,14,17)(H2,15,18,19). The van der Waals surface area contributed by atoms with Crippen LogP contribution in [0, 0.1) is 5.92 Å². The molecule has 1 amide bonds. The number of carbonyl (C=O) groups excluding carboxylic acids is 1. The highest BCUT2D eigenvalue weighted by Gasteiger charge is 2.25. The molecule has 1 atom stereocenters. The van der Waals surface area contributed by atoms with Crippen molar-refractivity contribution in [2.45, 2.75) is 17.7 Å². The van der Waals surface area contributed by atoms with E-state index < -0.39 is 10.0 Å². The predicted molar refractivity (Wildman–Crippen MR) is 76.4 cm³/mol. The number of primary amides is 1. The fourth-order valence-corrected chi connectivity index (χ4v) is 2.97. The Hall–Kier alpha value is -1.80. The molecule has 7 nitrogen and oxygen atoms in total. The molecule has 1 unspecified atom stereocenters. The number of nitrogens with two attached hydrogens (primary N) is 3. The fraction of sp³-hybridized carbons (Fsp3) is 0.417. The molecule has 0 saturated carbocycles. The number of rotatable bonds is 3. The van der Waals surface area contributed by atoms with E-state index in [-0.39, 0.29) is 16.7 Å². The fourth-order valence-electron chi connectivity index (χ4n) is 2.43. The van der Waals surface area contributed by atoms with E-state index in [0.29, 0.717) is 17.9 Å². The zero-order chi connectivity index (χ0) is 14.9. The number of hydrogen-bond acceptors (Lipinski definition) is 5. The van der Waals surface area contributed by atoms with Crippen molar-refractivity contribution in [1.82, 2.24) is 0 Å². The van der Waals surface area contributed by atoms with Crippen molar-refractivity contribution < 1.29 is 13.2 Å². The first-order valence-corrected chi connectivity index (χ1v) is 7.80. The van der Waals surface area contributed by atoms with Crippen LogP contribution in [0.1, 0.15) is 12.8 Å². The number of amides is 1. The van der Waals surface area contributed by atoms with Crippen molar-refractivity contribution in [2.75, 3.05) is 23.7 Å². The number of nitrogens with zero attached hydrogens (tertiary/aromatic N) is 1. The number of carbonyl (C=O) groups is 1. The van der Waals surface area contributed by atoms with Gasteiger partial charge in [0.05, 0.1) is 22.2 Å². The third-order valence-electron chi connectivity index (χ3n) is 3.49. The number of hydrogen-bond donors (Lipinski definition) is 3. The average molecular weight is 298 g/mol. The Kier molecular flexibility index (Phi) is 3.87. The molecule has 1 aromatic carbocycles. The molecule has 0 aromatic heterocycles. The Morgan fingerprint density at radius 2 is 2.05 bits per heavy atom. The summed E-state index contributed by atoms with van der Waals surface area (Å²) in [6.45, 7) is 1.25. The molecular formula is C12H18N4O3S. The van der Waals surface area contributed by atoms with Gasteiger partial charge in [-0.1, -0.05) is 0 Å². The number of piperidine rings is 1. The quantitative estimate of drug-likeness (QED) is 0.654. The third-order valence-corrected chi connectivity index (χ3v) is 4.40.